The number of rotatable bonds is 4. The van der Waals surface area contributed by atoms with Gasteiger partial charge in [0.25, 0.3) is 5.91 Å². The van der Waals surface area contributed by atoms with Crippen LogP contribution in [-0.2, 0) is 9.53 Å². The maximum absolute atomic E-state index is 12.0. The molecule has 0 bridgehead atoms. The molecule has 0 saturated carbocycles. The first-order valence-electron chi connectivity index (χ1n) is 8.57. The number of likely N-dealkylation sites (N-methyl/N-ethyl adjacent to an activating group) is 1. The van der Waals surface area contributed by atoms with E-state index in [0.29, 0.717) is 11.8 Å². The lowest BCUT2D eigenvalue weighted by Gasteiger charge is -2.34. The van der Waals surface area contributed by atoms with E-state index in [1.54, 1.807) is 38.4 Å². The van der Waals surface area contributed by atoms with Gasteiger partial charge in [-0.1, -0.05) is 0 Å². The van der Waals surface area contributed by atoms with Gasteiger partial charge in [0.2, 0.25) is 11.8 Å². The van der Waals surface area contributed by atoms with Gasteiger partial charge in [-0.2, -0.15) is 4.98 Å². The minimum absolute atomic E-state index is 0.0831. The van der Waals surface area contributed by atoms with E-state index in [9.17, 15) is 4.79 Å². The molecule has 0 aliphatic carbocycles. The van der Waals surface area contributed by atoms with Gasteiger partial charge >= 0.3 is 0 Å². The second kappa shape index (κ2) is 7.34. The summed E-state index contributed by atoms with van der Waals surface area (Å²) in [5.74, 6) is 1.90. The van der Waals surface area contributed by atoms with Crippen LogP contribution in [0.5, 0.6) is 5.88 Å². The number of anilines is 1. The van der Waals surface area contributed by atoms with Gasteiger partial charge in [0.05, 0.1) is 13.2 Å². The van der Waals surface area contributed by atoms with Crippen molar-refractivity contribution in [2.45, 2.75) is 37.9 Å². The lowest BCUT2D eigenvalue weighted by Crippen LogP contribution is -2.39. The highest BCUT2D eigenvalue weighted by Gasteiger charge is 2.37. The van der Waals surface area contributed by atoms with E-state index in [-0.39, 0.29) is 18.1 Å². The number of aromatic nitrogens is 2. The van der Waals surface area contributed by atoms with E-state index < -0.39 is 0 Å². The Kier molecular flexibility index (Phi) is 5.18. The fraction of sp³-hybridized carbons (Fsp3) is 0.706. The number of amides is 1. The molecule has 0 radical (unpaired) electrons. The number of methoxy groups -OCH3 is 1. The standard InChI is InChI=1S/C17H26N4O3/c1-20(2)16(22)14-5-4-13(24-14)12-7-10-21(11-8-12)17-18-9-6-15(19-17)23-3/h6,9,12-14H,4-5,7-8,10-11H2,1-3H3/t13-,14+/m0/s1. The maximum atomic E-state index is 12.0. The molecule has 7 nitrogen and oxygen atoms in total. The lowest BCUT2D eigenvalue weighted by molar-refractivity contribution is -0.141. The van der Waals surface area contributed by atoms with Gasteiger partial charge in [-0.25, -0.2) is 4.98 Å². The van der Waals surface area contributed by atoms with Crippen molar-refractivity contribution in [3.8, 4) is 5.88 Å². The Bertz CT molecular complexity index is 573. The van der Waals surface area contributed by atoms with Crippen LogP contribution >= 0.6 is 0 Å². The first-order chi connectivity index (χ1) is 11.6. The van der Waals surface area contributed by atoms with Crippen LogP contribution in [0, 0.1) is 5.92 Å². The highest BCUT2D eigenvalue weighted by Crippen LogP contribution is 2.33. The molecule has 2 saturated heterocycles. The number of hydrogen-bond acceptors (Lipinski definition) is 6. The number of carbonyl (C=O) groups excluding carboxylic acids is 1. The molecule has 0 unspecified atom stereocenters. The van der Waals surface area contributed by atoms with Gasteiger partial charge in [0.1, 0.15) is 6.10 Å². The first kappa shape index (κ1) is 17.0. The summed E-state index contributed by atoms with van der Waals surface area (Å²) in [4.78, 5) is 24.6. The Morgan fingerprint density at radius 2 is 2.04 bits per heavy atom. The molecule has 1 amide bonds. The topological polar surface area (TPSA) is 67.8 Å². The Morgan fingerprint density at radius 1 is 1.29 bits per heavy atom. The zero-order valence-corrected chi connectivity index (χ0v) is 14.6. The number of piperidine rings is 1. The summed E-state index contributed by atoms with van der Waals surface area (Å²) in [6.07, 6.45) is 5.55. The quantitative estimate of drug-likeness (QED) is 0.828. The number of nitrogens with zero attached hydrogens (tertiary/aromatic N) is 4. The molecule has 24 heavy (non-hydrogen) atoms. The van der Waals surface area contributed by atoms with Gasteiger partial charge in [0, 0.05) is 39.4 Å². The summed E-state index contributed by atoms with van der Waals surface area (Å²) in [7, 11) is 5.18. The van der Waals surface area contributed by atoms with Gasteiger partial charge in [-0.3, -0.25) is 4.79 Å². The summed E-state index contributed by atoms with van der Waals surface area (Å²) in [5.41, 5.74) is 0. The van der Waals surface area contributed by atoms with Crippen LogP contribution < -0.4 is 9.64 Å². The van der Waals surface area contributed by atoms with Crippen molar-refractivity contribution < 1.29 is 14.3 Å². The van der Waals surface area contributed by atoms with Crippen molar-refractivity contribution in [2.24, 2.45) is 5.92 Å². The summed E-state index contributed by atoms with van der Waals surface area (Å²) in [5, 5.41) is 0. The summed E-state index contributed by atoms with van der Waals surface area (Å²) < 4.78 is 11.2. The average Bonchev–Trinajstić information content (AvgIpc) is 3.11. The summed E-state index contributed by atoms with van der Waals surface area (Å²) in [6.45, 7) is 1.81. The molecule has 1 aromatic rings. The summed E-state index contributed by atoms with van der Waals surface area (Å²) >= 11 is 0. The molecule has 2 aliphatic rings. The third kappa shape index (κ3) is 3.61. The van der Waals surface area contributed by atoms with Crippen LogP contribution in [0.3, 0.4) is 0 Å². The molecule has 7 heteroatoms. The predicted molar refractivity (Wildman–Crippen MR) is 90.1 cm³/mol. The van der Waals surface area contributed by atoms with Crippen molar-refractivity contribution in [3.63, 3.8) is 0 Å². The Morgan fingerprint density at radius 3 is 2.71 bits per heavy atom. The molecule has 0 aromatic carbocycles. The van der Waals surface area contributed by atoms with E-state index >= 15 is 0 Å². The van der Waals surface area contributed by atoms with Crippen molar-refractivity contribution in [3.05, 3.63) is 12.3 Å². The van der Waals surface area contributed by atoms with E-state index in [2.05, 4.69) is 14.9 Å². The number of carbonyl (C=O) groups is 1. The molecule has 2 aliphatic heterocycles. The minimum Gasteiger partial charge on any atom is -0.481 e. The van der Waals surface area contributed by atoms with Gasteiger partial charge in [-0.05, 0) is 31.6 Å². The molecule has 132 valence electrons. The molecule has 0 spiro atoms. The highest BCUT2D eigenvalue weighted by molar-refractivity contribution is 5.80. The first-order valence-corrected chi connectivity index (χ1v) is 8.57. The predicted octanol–water partition coefficient (Wildman–Crippen LogP) is 1.34. The van der Waals surface area contributed by atoms with Crippen LogP contribution in [0.15, 0.2) is 12.3 Å². The van der Waals surface area contributed by atoms with Crippen LogP contribution in [0.25, 0.3) is 0 Å². The minimum atomic E-state index is -0.259. The maximum Gasteiger partial charge on any atom is 0.251 e. The third-order valence-electron chi connectivity index (χ3n) is 4.94. The average molecular weight is 334 g/mol. The van der Waals surface area contributed by atoms with Gasteiger partial charge < -0.3 is 19.3 Å². The van der Waals surface area contributed by atoms with Crippen LogP contribution in [0.1, 0.15) is 25.7 Å². The zero-order chi connectivity index (χ0) is 17.1. The molecule has 3 heterocycles. The van der Waals surface area contributed by atoms with Gasteiger partial charge in [-0.15, -0.1) is 0 Å². The largest absolute Gasteiger partial charge is 0.481 e. The van der Waals surface area contributed by atoms with Crippen LogP contribution in [-0.4, -0.2) is 67.3 Å². The monoisotopic (exact) mass is 334 g/mol. The smallest absolute Gasteiger partial charge is 0.251 e. The van der Waals surface area contributed by atoms with Crippen molar-refractivity contribution in [1.29, 1.82) is 0 Å². The van der Waals surface area contributed by atoms with Crippen molar-refractivity contribution in [2.75, 3.05) is 39.2 Å². The number of ether oxygens (including phenoxy) is 2. The third-order valence-corrected chi connectivity index (χ3v) is 4.94. The van der Waals surface area contributed by atoms with E-state index in [1.165, 1.54) is 0 Å². The Labute approximate surface area is 143 Å². The highest BCUT2D eigenvalue weighted by atomic mass is 16.5. The molecule has 3 rings (SSSR count). The molecular weight excluding hydrogens is 308 g/mol. The van der Waals surface area contributed by atoms with E-state index in [4.69, 9.17) is 9.47 Å². The normalized spacial score (nSPS) is 24.9. The second-order valence-electron chi connectivity index (χ2n) is 6.70. The Balaban J connectivity index is 1.53. The van der Waals surface area contributed by atoms with Crippen molar-refractivity contribution >= 4 is 11.9 Å². The second-order valence-corrected chi connectivity index (χ2v) is 6.70. The van der Waals surface area contributed by atoms with E-state index in [1.807, 2.05) is 0 Å². The molecule has 1 aromatic heterocycles. The molecule has 2 fully saturated rings. The molecule has 2 atom stereocenters. The zero-order valence-electron chi connectivity index (χ0n) is 14.6. The van der Waals surface area contributed by atoms with Crippen molar-refractivity contribution in [1.82, 2.24) is 14.9 Å². The van der Waals surface area contributed by atoms with Gasteiger partial charge in [0.15, 0.2) is 0 Å². The van der Waals surface area contributed by atoms with Crippen LogP contribution in [0.2, 0.25) is 0 Å². The lowest BCUT2D eigenvalue weighted by atomic mass is 9.90. The SMILES string of the molecule is COc1ccnc(N2CCC([C@@H]3CC[C@H](C(=O)N(C)C)O3)CC2)n1. The Hall–Kier alpha value is -1.89. The fourth-order valence-electron chi connectivity index (χ4n) is 3.55. The number of hydrogen-bond donors (Lipinski definition) is 0. The summed E-state index contributed by atoms with van der Waals surface area (Å²) in [6, 6.07) is 1.75. The fourth-order valence-corrected chi connectivity index (χ4v) is 3.55. The molecule has 0 N–H and O–H groups in total. The van der Waals surface area contributed by atoms with Crippen LogP contribution in [0.4, 0.5) is 5.95 Å². The molecular formula is C17H26N4O3. The van der Waals surface area contributed by atoms with E-state index in [0.717, 1.165) is 44.7 Å².